The number of halogens is 1. The summed E-state index contributed by atoms with van der Waals surface area (Å²) >= 11 is 0. The Bertz CT molecular complexity index is 177. The second-order valence-corrected chi connectivity index (χ2v) is 1.84. The third-order valence-electron chi connectivity index (χ3n) is 1.22. The molecule has 0 atom stereocenters. The Morgan fingerprint density at radius 3 is 2.18 bits per heavy atom. The van der Waals surface area contributed by atoms with Crippen LogP contribution in [0.3, 0.4) is 0 Å². The van der Waals surface area contributed by atoms with Crippen LogP contribution in [0.5, 0.6) is 5.75 Å². The van der Waals surface area contributed by atoms with Gasteiger partial charge in [-0.25, -0.2) is 0 Å². The number of rotatable bonds is 2. The van der Waals surface area contributed by atoms with Crippen molar-refractivity contribution in [2.24, 2.45) is 0 Å². The van der Waals surface area contributed by atoms with Crippen molar-refractivity contribution < 1.29 is 9.94 Å². The van der Waals surface area contributed by atoms with E-state index in [1.807, 2.05) is 5.48 Å². The molecule has 0 amide bonds. The first-order valence-corrected chi connectivity index (χ1v) is 2.91. The van der Waals surface area contributed by atoms with Gasteiger partial charge >= 0.3 is 0 Å². The smallest absolute Gasteiger partial charge is 0.119 e. The van der Waals surface area contributed by atoms with Crippen LogP contribution in [0.4, 0.5) is 5.69 Å². The molecule has 0 saturated carbocycles. The third kappa shape index (κ3) is 2.65. The SMILES string of the molecule is COc1ccc(NO)cc1.Cl. The molecule has 0 aliphatic heterocycles. The van der Waals surface area contributed by atoms with E-state index < -0.39 is 0 Å². The van der Waals surface area contributed by atoms with Crippen molar-refractivity contribution in [1.82, 2.24) is 0 Å². The maximum absolute atomic E-state index is 8.41. The number of ether oxygens (including phenoxy) is 1. The van der Waals surface area contributed by atoms with E-state index in [0.717, 1.165) is 5.75 Å². The molecule has 0 bridgehead atoms. The Kier molecular flexibility index (Phi) is 4.41. The molecule has 62 valence electrons. The van der Waals surface area contributed by atoms with Crippen LogP contribution in [0.15, 0.2) is 24.3 Å². The normalized spacial score (nSPS) is 8.18. The Balaban J connectivity index is 0.000001000. The summed E-state index contributed by atoms with van der Waals surface area (Å²) < 4.78 is 4.90. The van der Waals surface area contributed by atoms with Gasteiger partial charge in [-0.05, 0) is 24.3 Å². The highest BCUT2D eigenvalue weighted by Crippen LogP contribution is 2.13. The molecule has 0 saturated heterocycles. The summed E-state index contributed by atoms with van der Waals surface area (Å²) in [6, 6.07) is 6.97. The van der Waals surface area contributed by atoms with Gasteiger partial charge in [0.05, 0.1) is 12.8 Å². The summed E-state index contributed by atoms with van der Waals surface area (Å²) in [5.74, 6) is 0.777. The van der Waals surface area contributed by atoms with Gasteiger partial charge in [-0.15, -0.1) is 12.4 Å². The maximum Gasteiger partial charge on any atom is 0.119 e. The van der Waals surface area contributed by atoms with Crippen LogP contribution in [-0.2, 0) is 0 Å². The standard InChI is InChI=1S/C7H9NO2.ClH/c1-10-7-4-2-6(8-9)3-5-7;/h2-5,8-9H,1H3;1H. The molecular weight excluding hydrogens is 166 g/mol. The Labute approximate surface area is 71.4 Å². The zero-order valence-electron chi connectivity index (χ0n) is 6.07. The average molecular weight is 176 g/mol. The molecule has 3 nitrogen and oxygen atoms in total. The van der Waals surface area contributed by atoms with E-state index in [1.54, 1.807) is 31.4 Å². The number of hydrogen-bond acceptors (Lipinski definition) is 3. The minimum Gasteiger partial charge on any atom is -0.497 e. The first-order chi connectivity index (χ1) is 4.86. The van der Waals surface area contributed by atoms with Gasteiger partial charge in [-0.2, -0.15) is 0 Å². The number of hydrogen-bond donors (Lipinski definition) is 2. The fraction of sp³-hybridized carbons (Fsp3) is 0.143. The molecule has 4 heteroatoms. The van der Waals surface area contributed by atoms with Crippen LogP contribution in [0, 0.1) is 0 Å². The van der Waals surface area contributed by atoms with E-state index in [-0.39, 0.29) is 12.4 Å². The summed E-state index contributed by atoms with van der Waals surface area (Å²) in [4.78, 5) is 0. The topological polar surface area (TPSA) is 41.5 Å². The second kappa shape index (κ2) is 4.82. The molecule has 0 spiro atoms. The predicted molar refractivity (Wildman–Crippen MR) is 45.7 cm³/mol. The van der Waals surface area contributed by atoms with Gasteiger partial charge in [-0.1, -0.05) is 0 Å². The molecule has 1 aromatic rings. The number of nitrogens with one attached hydrogen (secondary N) is 1. The summed E-state index contributed by atoms with van der Waals surface area (Å²) in [6.07, 6.45) is 0. The van der Waals surface area contributed by atoms with Crippen molar-refractivity contribution in [2.75, 3.05) is 12.6 Å². The minimum atomic E-state index is 0. The van der Waals surface area contributed by atoms with E-state index in [4.69, 9.17) is 9.94 Å². The lowest BCUT2D eigenvalue weighted by Crippen LogP contribution is -1.88. The fourth-order valence-electron chi connectivity index (χ4n) is 0.666. The van der Waals surface area contributed by atoms with Gasteiger partial charge in [0.2, 0.25) is 0 Å². The van der Waals surface area contributed by atoms with Gasteiger partial charge < -0.3 is 4.74 Å². The fourth-order valence-corrected chi connectivity index (χ4v) is 0.666. The van der Waals surface area contributed by atoms with Crippen LogP contribution in [0.1, 0.15) is 0 Å². The molecule has 0 unspecified atom stereocenters. The molecule has 1 rings (SSSR count). The summed E-state index contributed by atoms with van der Waals surface area (Å²) in [5.41, 5.74) is 2.68. The number of benzene rings is 1. The van der Waals surface area contributed by atoms with Gasteiger partial charge in [0.15, 0.2) is 0 Å². The molecule has 1 aromatic carbocycles. The van der Waals surface area contributed by atoms with Crippen molar-refractivity contribution >= 4 is 18.1 Å². The summed E-state index contributed by atoms with van der Waals surface area (Å²) in [6.45, 7) is 0. The molecule has 0 aliphatic rings. The zero-order chi connectivity index (χ0) is 7.40. The Morgan fingerprint density at radius 1 is 1.27 bits per heavy atom. The molecule has 2 N–H and O–H groups in total. The van der Waals surface area contributed by atoms with Gasteiger partial charge in [0, 0.05) is 0 Å². The van der Waals surface area contributed by atoms with Crippen molar-refractivity contribution in [1.29, 1.82) is 0 Å². The third-order valence-corrected chi connectivity index (χ3v) is 1.22. The van der Waals surface area contributed by atoms with Crippen molar-refractivity contribution in [3.05, 3.63) is 24.3 Å². The van der Waals surface area contributed by atoms with E-state index in [1.165, 1.54) is 0 Å². The van der Waals surface area contributed by atoms with E-state index in [9.17, 15) is 0 Å². The largest absolute Gasteiger partial charge is 0.497 e. The lowest BCUT2D eigenvalue weighted by Gasteiger charge is -2.00. The molecule has 0 radical (unpaired) electrons. The quantitative estimate of drug-likeness (QED) is 0.675. The van der Waals surface area contributed by atoms with Crippen LogP contribution in [-0.4, -0.2) is 12.3 Å². The monoisotopic (exact) mass is 175 g/mol. The lowest BCUT2D eigenvalue weighted by molar-refractivity contribution is 0.388. The van der Waals surface area contributed by atoms with Crippen LogP contribution >= 0.6 is 12.4 Å². The minimum absolute atomic E-state index is 0. The summed E-state index contributed by atoms with van der Waals surface area (Å²) in [5, 5.41) is 8.41. The molecule has 0 heterocycles. The highest BCUT2D eigenvalue weighted by molar-refractivity contribution is 5.85. The molecular formula is C7H10ClNO2. The van der Waals surface area contributed by atoms with E-state index in [0.29, 0.717) is 5.69 Å². The van der Waals surface area contributed by atoms with Gasteiger partial charge in [0.1, 0.15) is 5.75 Å². The van der Waals surface area contributed by atoms with Crippen LogP contribution < -0.4 is 10.2 Å². The van der Waals surface area contributed by atoms with E-state index in [2.05, 4.69) is 0 Å². The first kappa shape index (κ1) is 10.1. The van der Waals surface area contributed by atoms with Crippen molar-refractivity contribution in [3.63, 3.8) is 0 Å². The van der Waals surface area contributed by atoms with E-state index >= 15 is 0 Å². The van der Waals surface area contributed by atoms with Crippen molar-refractivity contribution in [2.45, 2.75) is 0 Å². The van der Waals surface area contributed by atoms with Crippen molar-refractivity contribution in [3.8, 4) is 5.75 Å². The first-order valence-electron chi connectivity index (χ1n) is 2.91. The molecule has 0 aliphatic carbocycles. The molecule has 0 fully saturated rings. The number of methoxy groups -OCH3 is 1. The summed E-state index contributed by atoms with van der Waals surface area (Å²) in [7, 11) is 1.60. The van der Waals surface area contributed by atoms with Gasteiger partial charge in [0.25, 0.3) is 0 Å². The van der Waals surface area contributed by atoms with Gasteiger partial charge in [-0.3, -0.25) is 10.7 Å². The predicted octanol–water partition coefficient (Wildman–Crippen LogP) is 1.92. The lowest BCUT2D eigenvalue weighted by atomic mass is 10.3. The average Bonchev–Trinajstić information content (AvgIpc) is 2.05. The highest BCUT2D eigenvalue weighted by atomic mass is 35.5. The molecule has 11 heavy (non-hydrogen) atoms. The molecule has 0 aromatic heterocycles. The highest BCUT2D eigenvalue weighted by Gasteiger charge is 1.89. The Morgan fingerprint density at radius 2 is 1.82 bits per heavy atom. The van der Waals surface area contributed by atoms with Crippen LogP contribution in [0.2, 0.25) is 0 Å². The number of anilines is 1. The second-order valence-electron chi connectivity index (χ2n) is 1.84. The Hall–Kier alpha value is -0.930. The zero-order valence-corrected chi connectivity index (χ0v) is 6.89. The maximum atomic E-state index is 8.41. The van der Waals surface area contributed by atoms with Crippen LogP contribution in [0.25, 0.3) is 0 Å².